The van der Waals surface area contributed by atoms with Crippen molar-refractivity contribution in [1.82, 2.24) is 0 Å². The lowest BCUT2D eigenvalue weighted by molar-refractivity contribution is -0.138. The van der Waals surface area contributed by atoms with E-state index >= 15 is 0 Å². The Morgan fingerprint density at radius 1 is 1.50 bits per heavy atom. The Balaban J connectivity index is 3.31. The van der Waals surface area contributed by atoms with Gasteiger partial charge in [-0.1, -0.05) is 5.92 Å². The summed E-state index contributed by atoms with van der Waals surface area (Å²) in [5, 5.41) is 8.72. The lowest BCUT2D eigenvalue weighted by Gasteiger charge is -2.19. The molecule has 0 aliphatic carbocycles. The molecule has 0 aliphatic heterocycles. The lowest BCUT2D eigenvalue weighted by atomic mass is 10.1. The van der Waals surface area contributed by atoms with E-state index in [4.69, 9.17) is 11.5 Å². The number of anilines is 1. The molecule has 0 fully saturated rings. The fourth-order valence-corrected chi connectivity index (χ4v) is 1.42. The number of aromatic carboxylic acids is 1. The van der Waals surface area contributed by atoms with Gasteiger partial charge in [0.05, 0.1) is 17.7 Å². The van der Waals surface area contributed by atoms with Gasteiger partial charge < -0.3 is 10.0 Å². The van der Waals surface area contributed by atoms with Crippen LogP contribution in [0, 0.1) is 12.3 Å². The molecule has 96 valence electrons. The summed E-state index contributed by atoms with van der Waals surface area (Å²) in [6.45, 7) is 0.129. The van der Waals surface area contributed by atoms with Gasteiger partial charge in [0.15, 0.2) is 0 Å². The highest BCUT2D eigenvalue weighted by Crippen LogP contribution is 2.34. The van der Waals surface area contributed by atoms with E-state index in [2.05, 4.69) is 5.92 Å². The number of nitrogens with zero attached hydrogens (tertiary/aromatic N) is 1. The highest BCUT2D eigenvalue weighted by atomic mass is 19.4. The van der Waals surface area contributed by atoms with E-state index < -0.39 is 23.3 Å². The maximum Gasteiger partial charge on any atom is 0.417 e. The number of carbonyl (C=O) groups is 1. The van der Waals surface area contributed by atoms with Crippen molar-refractivity contribution in [3.05, 3.63) is 29.3 Å². The predicted molar refractivity (Wildman–Crippen MR) is 60.5 cm³/mol. The Hall–Kier alpha value is -2.16. The fourth-order valence-electron chi connectivity index (χ4n) is 1.42. The molecule has 3 nitrogen and oxygen atoms in total. The van der Waals surface area contributed by atoms with Gasteiger partial charge in [-0.15, -0.1) is 6.42 Å². The van der Waals surface area contributed by atoms with Crippen LogP contribution in [-0.2, 0) is 6.18 Å². The molecule has 0 aliphatic rings. The van der Waals surface area contributed by atoms with Crippen LogP contribution in [0.25, 0.3) is 0 Å². The number of hydrogen-bond acceptors (Lipinski definition) is 2. The number of rotatable bonds is 3. The van der Waals surface area contributed by atoms with Crippen LogP contribution >= 0.6 is 0 Å². The van der Waals surface area contributed by atoms with Gasteiger partial charge in [-0.25, -0.2) is 4.79 Å². The second-order valence-corrected chi connectivity index (χ2v) is 3.59. The van der Waals surface area contributed by atoms with Gasteiger partial charge in [-0.2, -0.15) is 13.2 Å². The van der Waals surface area contributed by atoms with Gasteiger partial charge in [0.2, 0.25) is 0 Å². The number of halogens is 3. The minimum Gasteiger partial charge on any atom is -0.478 e. The fraction of sp³-hybridized carbons (Fsp3) is 0.250. The van der Waals surface area contributed by atoms with Crippen molar-refractivity contribution >= 4 is 11.7 Å². The number of terminal acetylenes is 1. The first-order valence-electron chi connectivity index (χ1n) is 4.86. The molecule has 1 N–H and O–H groups in total. The molecule has 0 atom stereocenters. The predicted octanol–water partition coefficient (Wildman–Crippen LogP) is 2.47. The lowest BCUT2D eigenvalue weighted by Crippen LogP contribution is -2.19. The SMILES string of the molecule is C#CCN(C)c1ccc(C(=O)O)c(C(F)(F)F)c1. The number of carboxylic acid groups (broad SMARTS) is 1. The average molecular weight is 257 g/mol. The van der Waals surface area contributed by atoms with Crippen molar-refractivity contribution in [1.29, 1.82) is 0 Å². The molecule has 1 aromatic carbocycles. The Bertz CT molecular complexity index is 503. The van der Waals surface area contributed by atoms with Crippen molar-refractivity contribution in [2.45, 2.75) is 6.18 Å². The molecule has 0 aromatic heterocycles. The topological polar surface area (TPSA) is 40.5 Å². The average Bonchev–Trinajstić information content (AvgIpc) is 2.27. The van der Waals surface area contributed by atoms with Gasteiger partial charge in [-0.3, -0.25) is 0 Å². The molecule has 1 aromatic rings. The summed E-state index contributed by atoms with van der Waals surface area (Å²) in [7, 11) is 1.52. The molecular weight excluding hydrogens is 247 g/mol. The number of benzene rings is 1. The molecule has 0 bridgehead atoms. The second kappa shape index (κ2) is 5.00. The van der Waals surface area contributed by atoms with E-state index in [9.17, 15) is 18.0 Å². The van der Waals surface area contributed by atoms with Crippen LogP contribution in [0.1, 0.15) is 15.9 Å². The number of hydrogen-bond donors (Lipinski definition) is 1. The highest BCUT2D eigenvalue weighted by Gasteiger charge is 2.35. The Morgan fingerprint density at radius 3 is 2.56 bits per heavy atom. The monoisotopic (exact) mass is 257 g/mol. The van der Waals surface area contributed by atoms with Gasteiger partial charge in [0.1, 0.15) is 0 Å². The molecule has 0 unspecified atom stereocenters. The van der Waals surface area contributed by atoms with E-state index in [1.54, 1.807) is 0 Å². The van der Waals surface area contributed by atoms with E-state index in [1.807, 2.05) is 0 Å². The summed E-state index contributed by atoms with van der Waals surface area (Å²) >= 11 is 0. The van der Waals surface area contributed by atoms with E-state index in [1.165, 1.54) is 18.0 Å². The summed E-state index contributed by atoms with van der Waals surface area (Å²) in [5.41, 5.74) is -1.75. The van der Waals surface area contributed by atoms with Gasteiger partial charge >= 0.3 is 12.1 Å². The first kappa shape index (κ1) is 13.9. The number of alkyl halides is 3. The Labute approximate surface area is 102 Å². The second-order valence-electron chi connectivity index (χ2n) is 3.59. The van der Waals surface area contributed by atoms with Crippen LogP contribution in [0.2, 0.25) is 0 Å². The van der Waals surface area contributed by atoms with Crippen LogP contribution in [0.5, 0.6) is 0 Å². The highest BCUT2D eigenvalue weighted by molar-refractivity contribution is 5.90. The third-order valence-electron chi connectivity index (χ3n) is 2.31. The standard InChI is InChI=1S/C12H10F3NO2/c1-3-6-16(2)8-4-5-9(11(17)18)10(7-8)12(13,14)15/h1,4-5,7H,6H2,2H3,(H,17,18). The summed E-state index contributed by atoms with van der Waals surface area (Å²) < 4.78 is 38.1. The first-order chi connectivity index (χ1) is 8.27. The molecule has 1 rings (SSSR count). The van der Waals surface area contributed by atoms with E-state index in [0.717, 1.165) is 12.1 Å². The molecule has 0 amide bonds. The van der Waals surface area contributed by atoms with Crippen LogP contribution in [-0.4, -0.2) is 24.7 Å². The quantitative estimate of drug-likeness (QED) is 0.846. The zero-order valence-corrected chi connectivity index (χ0v) is 9.45. The zero-order chi connectivity index (χ0) is 13.9. The minimum atomic E-state index is -4.72. The van der Waals surface area contributed by atoms with E-state index in [0.29, 0.717) is 0 Å². The van der Waals surface area contributed by atoms with E-state index in [-0.39, 0.29) is 12.2 Å². The molecule has 0 spiro atoms. The Kier molecular flexibility index (Phi) is 3.86. The summed E-state index contributed by atoms with van der Waals surface area (Å²) in [6.07, 6.45) is 0.339. The van der Waals surface area contributed by atoms with Gasteiger partial charge in [0.25, 0.3) is 0 Å². The van der Waals surface area contributed by atoms with Crippen LogP contribution in [0.4, 0.5) is 18.9 Å². The maximum atomic E-state index is 12.7. The molecular formula is C12H10F3NO2. The minimum absolute atomic E-state index is 0.129. The van der Waals surface area contributed by atoms with Crippen LogP contribution in [0.3, 0.4) is 0 Å². The summed E-state index contributed by atoms with van der Waals surface area (Å²) in [6, 6.07) is 2.99. The zero-order valence-electron chi connectivity index (χ0n) is 9.45. The first-order valence-corrected chi connectivity index (χ1v) is 4.86. The summed E-state index contributed by atoms with van der Waals surface area (Å²) in [4.78, 5) is 12.1. The third kappa shape index (κ3) is 2.94. The van der Waals surface area contributed by atoms with Crippen molar-refractivity contribution in [3.8, 4) is 12.3 Å². The van der Waals surface area contributed by atoms with Crippen molar-refractivity contribution in [2.24, 2.45) is 0 Å². The smallest absolute Gasteiger partial charge is 0.417 e. The molecule has 18 heavy (non-hydrogen) atoms. The molecule has 0 heterocycles. The third-order valence-corrected chi connectivity index (χ3v) is 2.31. The molecule has 0 radical (unpaired) electrons. The largest absolute Gasteiger partial charge is 0.478 e. The summed E-state index contributed by atoms with van der Waals surface area (Å²) in [5.74, 6) is 0.673. The van der Waals surface area contributed by atoms with Crippen molar-refractivity contribution in [3.63, 3.8) is 0 Å². The van der Waals surface area contributed by atoms with Gasteiger partial charge in [0, 0.05) is 12.7 Å². The normalized spacial score (nSPS) is 10.8. The maximum absolute atomic E-state index is 12.7. The van der Waals surface area contributed by atoms with Crippen molar-refractivity contribution in [2.75, 3.05) is 18.5 Å². The molecule has 6 heteroatoms. The van der Waals surface area contributed by atoms with Crippen molar-refractivity contribution < 1.29 is 23.1 Å². The van der Waals surface area contributed by atoms with Crippen LogP contribution < -0.4 is 4.90 Å². The Morgan fingerprint density at radius 2 is 2.11 bits per heavy atom. The molecule has 0 saturated heterocycles. The number of carboxylic acids is 1. The molecule has 0 saturated carbocycles. The van der Waals surface area contributed by atoms with Gasteiger partial charge in [-0.05, 0) is 18.2 Å². The van der Waals surface area contributed by atoms with Crippen LogP contribution in [0.15, 0.2) is 18.2 Å².